The van der Waals surface area contributed by atoms with Gasteiger partial charge in [0.05, 0.1) is 13.3 Å². The number of nitrogens with zero attached hydrogens (tertiary/aromatic N) is 3. The van der Waals surface area contributed by atoms with Gasteiger partial charge in [0, 0.05) is 6.42 Å². The highest BCUT2D eigenvalue weighted by atomic mass is 16.5. The largest absolute Gasteiger partial charge is 0.493 e. The molecule has 0 aliphatic heterocycles. The van der Waals surface area contributed by atoms with Crippen molar-refractivity contribution in [3.05, 3.63) is 71.2 Å². The third-order valence-corrected chi connectivity index (χ3v) is 5.08. The number of benzene rings is 2. The van der Waals surface area contributed by atoms with Crippen LogP contribution in [0.3, 0.4) is 0 Å². The predicted octanol–water partition coefficient (Wildman–Crippen LogP) is 6.09. The summed E-state index contributed by atoms with van der Waals surface area (Å²) in [5.74, 6) is 2.07. The molecule has 3 aromatic rings. The van der Waals surface area contributed by atoms with Gasteiger partial charge in [0.25, 0.3) is 5.88 Å². The summed E-state index contributed by atoms with van der Waals surface area (Å²) in [5.41, 5.74) is 4.88. The molecule has 7 heteroatoms. The molecule has 2 aromatic carbocycles. The molecule has 0 fully saturated rings. The smallest absolute Gasteiger partial charge is 0.252 e. The standard InChI is InChI=1S/C26H30N4O3/c1-3-4-5-6-10-13-25-29-22(17-27)26(33-25)30-28-18-21-14-15-23(24(16-21)31-2)32-19-20-11-8-7-9-12-20/h7-9,11-12,14-16,18,30H,3-6,10,13,19H2,1-2H3/b28-18-. The summed E-state index contributed by atoms with van der Waals surface area (Å²) in [6.07, 6.45) is 8.11. The molecule has 3 rings (SSSR count). The van der Waals surface area contributed by atoms with Gasteiger partial charge in [-0.3, -0.25) is 0 Å². The van der Waals surface area contributed by atoms with E-state index in [0.717, 1.165) is 24.0 Å². The first kappa shape index (κ1) is 23.9. The van der Waals surface area contributed by atoms with Gasteiger partial charge in [0.2, 0.25) is 5.69 Å². The molecule has 1 N–H and O–H groups in total. The predicted molar refractivity (Wildman–Crippen MR) is 129 cm³/mol. The molecule has 172 valence electrons. The highest BCUT2D eigenvalue weighted by molar-refractivity contribution is 5.81. The van der Waals surface area contributed by atoms with Gasteiger partial charge >= 0.3 is 0 Å². The van der Waals surface area contributed by atoms with Crippen LogP contribution in [0.15, 0.2) is 58.0 Å². The molecule has 7 nitrogen and oxygen atoms in total. The molecule has 0 saturated carbocycles. The van der Waals surface area contributed by atoms with Crippen LogP contribution in [0, 0.1) is 11.3 Å². The lowest BCUT2D eigenvalue weighted by Gasteiger charge is -2.11. The number of anilines is 1. The van der Waals surface area contributed by atoms with Crippen molar-refractivity contribution in [2.75, 3.05) is 12.5 Å². The van der Waals surface area contributed by atoms with E-state index < -0.39 is 0 Å². The van der Waals surface area contributed by atoms with Crippen LogP contribution in [-0.4, -0.2) is 18.3 Å². The van der Waals surface area contributed by atoms with Crippen LogP contribution in [0.1, 0.15) is 61.7 Å². The second kappa shape index (κ2) is 12.9. The summed E-state index contributed by atoms with van der Waals surface area (Å²) in [5, 5.41) is 13.5. The number of hydrogen-bond acceptors (Lipinski definition) is 7. The van der Waals surface area contributed by atoms with Crippen molar-refractivity contribution < 1.29 is 13.9 Å². The second-order valence-corrected chi connectivity index (χ2v) is 7.62. The molecule has 0 atom stereocenters. The molecule has 0 unspecified atom stereocenters. The number of oxazole rings is 1. The zero-order chi connectivity index (χ0) is 23.3. The van der Waals surface area contributed by atoms with Crippen molar-refractivity contribution in [3.63, 3.8) is 0 Å². The van der Waals surface area contributed by atoms with E-state index in [1.165, 1.54) is 19.3 Å². The van der Waals surface area contributed by atoms with E-state index in [-0.39, 0.29) is 11.6 Å². The van der Waals surface area contributed by atoms with E-state index >= 15 is 0 Å². The molecule has 0 spiro atoms. The Labute approximate surface area is 195 Å². The van der Waals surface area contributed by atoms with Crippen molar-refractivity contribution in [1.82, 2.24) is 4.98 Å². The summed E-state index contributed by atoms with van der Waals surface area (Å²) >= 11 is 0. The Morgan fingerprint density at radius 2 is 1.91 bits per heavy atom. The fourth-order valence-electron chi connectivity index (χ4n) is 3.29. The third kappa shape index (κ3) is 7.39. The minimum absolute atomic E-state index is 0.206. The summed E-state index contributed by atoms with van der Waals surface area (Å²) in [4.78, 5) is 4.26. The van der Waals surface area contributed by atoms with E-state index in [1.54, 1.807) is 13.3 Å². The molecule has 0 aliphatic carbocycles. The summed E-state index contributed by atoms with van der Waals surface area (Å²) < 4.78 is 17.0. The topological polar surface area (TPSA) is 92.7 Å². The molecule has 0 amide bonds. The monoisotopic (exact) mass is 446 g/mol. The lowest BCUT2D eigenvalue weighted by atomic mass is 10.1. The summed E-state index contributed by atoms with van der Waals surface area (Å²) in [6.45, 7) is 2.64. The SMILES string of the molecule is CCCCCCCc1nc(C#N)c(N/N=C\c2ccc(OCc3ccccc3)c(OC)c2)o1. The zero-order valence-electron chi connectivity index (χ0n) is 19.2. The zero-order valence-corrected chi connectivity index (χ0v) is 19.2. The lowest BCUT2D eigenvalue weighted by molar-refractivity contribution is 0.284. The van der Waals surface area contributed by atoms with Gasteiger partial charge in [0.1, 0.15) is 12.7 Å². The second-order valence-electron chi connectivity index (χ2n) is 7.62. The number of methoxy groups -OCH3 is 1. The highest BCUT2D eigenvalue weighted by Gasteiger charge is 2.12. The summed E-state index contributed by atoms with van der Waals surface area (Å²) in [7, 11) is 1.60. The Morgan fingerprint density at radius 3 is 2.67 bits per heavy atom. The molecule has 0 aliphatic rings. The Kier molecular flexibility index (Phi) is 9.34. The van der Waals surface area contributed by atoms with Gasteiger partial charge in [0.15, 0.2) is 17.4 Å². The van der Waals surface area contributed by atoms with Crippen LogP contribution in [0.5, 0.6) is 11.5 Å². The van der Waals surface area contributed by atoms with Crippen LogP contribution in [0.2, 0.25) is 0 Å². The molecular formula is C26H30N4O3. The van der Waals surface area contributed by atoms with E-state index in [9.17, 15) is 5.26 Å². The van der Waals surface area contributed by atoms with Crippen LogP contribution in [0.25, 0.3) is 0 Å². The van der Waals surface area contributed by atoms with E-state index in [0.29, 0.717) is 30.4 Å². The molecular weight excluding hydrogens is 416 g/mol. The Hall–Kier alpha value is -3.79. The fourth-order valence-corrected chi connectivity index (χ4v) is 3.29. The maximum absolute atomic E-state index is 9.33. The molecule has 0 bridgehead atoms. The fraction of sp³-hybridized carbons (Fsp3) is 0.346. The third-order valence-electron chi connectivity index (χ3n) is 5.08. The van der Waals surface area contributed by atoms with Crippen molar-refractivity contribution in [2.24, 2.45) is 5.10 Å². The van der Waals surface area contributed by atoms with Crippen LogP contribution in [0.4, 0.5) is 5.88 Å². The maximum atomic E-state index is 9.33. The number of ether oxygens (including phenoxy) is 2. The van der Waals surface area contributed by atoms with Gasteiger partial charge in [-0.05, 0) is 35.7 Å². The molecule has 0 radical (unpaired) electrons. The van der Waals surface area contributed by atoms with Crippen molar-refractivity contribution in [3.8, 4) is 17.6 Å². The molecule has 1 heterocycles. The number of aromatic nitrogens is 1. The number of unbranched alkanes of at least 4 members (excludes halogenated alkanes) is 4. The van der Waals surface area contributed by atoms with Gasteiger partial charge in [-0.1, -0.05) is 62.9 Å². The number of nitriles is 1. The van der Waals surface area contributed by atoms with Crippen LogP contribution >= 0.6 is 0 Å². The number of aryl methyl sites for hydroxylation is 1. The molecule has 33 heavy (non-hydrogen) atoms. The first-order valence-corrected chi connectivity index (χ1v) is 11.3. The van der Waals surface area contributed by atoms with E-state index in [4.69, 9.17) is 13.9 Å². The Morgan fingerprint density at radius 1 is 1.09 bits per heavy atom. The number of hydrazone groups is 1. The normalized spacial score (nSPS) is 10.8. The van der Waals surface area contributed by atoms with Crippen molar-refractivity contribution in [1.29, 1.82) is 5.26 Å². The summed E-state index contributed by atoms with van der Waals surface area (Å²) in [6, 6.07) is 17.5. The number of hydrogen-bond donors (Lipinski definition) is 1. The van der Waals surface area contributed by atoms with Crippen molar-refractivity contribution in [2.45, 2.75) is 52.1 Å². The van der Waals surface area contributed by atoms with Gasteiger partial charge in [-0.2, -0.15) is 10.4 Å². The first-order chi connectivity index (χ1) is 16.2. The van der Waals surface area contributed by atoms with Gasteiger partial charge < -0.3 is 13.9 Å². The molecule has 0 saturated heterocycles. The van der Waals surface area contributed by atoms with Crippen molar-refractivity contribution >= 4 is 12.1 Å². The average Bonchev–Trinajstić information content (AvgIpc) is 3.25. The van der Waals surface area contributed by atoms with Crippen LogP contribution in [-0.2, 0) is 13.0 Å². The number of rotatable bonds is 13. The highest BCUT2D eigenvalue weighted by Crippen LogP contribution is 2.28. The van der Waals surface area contributed by atoms with E-state index in [2.05, 4.69) is 28.5 Å². The average molecular weight is 447 g/mol. The van der Waals surface area contributed by atoms with E-state index in [1.807, 2.05) is 48.5 Å². The Bertz CT molecular complexity index is 1070. The maximum Gasteiger partial charge on any atom is 0.252 e. The van der Waals surface area contributed by atoms with Crippen LogP contribution < -0.4 is 14.9 Å². The minimum atomic E-state index is 0.206. The Balaban J connectivity index is 1.57. The lowest BCUT2D eigenvalue weighted by Crippen LogP contribution is -1.98. The van der Waals surface area contributed by atoms with Gasteiger partial charge in [-0.25, -0.2) is 10.4 Å². The quantitative estimate of drug-likeness (QED) is 0.194. The number of nitrogens with one attached hydrogen (secondary N) is 1. The van der Waals surface area contributed by atoms with Gasteiger partial charge in [-0.15, -0.1) is 0 Å². The first-order valence-electron chi connectivity index (χ1n) is 11.3. The molecule has 1 aromatic heterocycles. The minimum Gasteiger partial charge on any atom is -0.493 e.